The third kappa shape index (κ3) is 7.38. The Balaban J connectivity index is 2.19. The summed E-state index contributed by atoms with van der Waals surface area (Å²) in [6, 6.07) is 10.4. The standard InChI is InChI=1S/C24H29N3O6S/c1-6-14-32-22-11-8-19(23(16-22)33-15-7-2)17-25-26-24(28)18(3)27(34(5,29)30)20-9-12-21(31-4)13-10-20/h6-13,16-18H,1-2,14-15H2,3-5H3,(H,26,28)/b25-17-/t18-/m0/s1. The van der Waals surface area contributed by atoms with Crippen LogP contribution in [0.2, 0.25) is 0 Å². The van der Waals surface area contributed by atoms with E-state index >= 15 is 0 Å². The fourth-order valence-corrected chi connectivity index (χ4v) is 4.11. The lowest BCUT2D eigenvalue weighted by molar-refractivity contribution is -0.121. The molecule has 0 saturated carbocycles. The van der Waals surface area contributed by atoms with Gasteiger partial charge >= 0.3 is 0 Å². The number of nitrogens with zero attached hydrogens (tertiary/aromatic N) is 2. The molecule has 0 aliphatic rings. The second-order valence-corrected chi connectivity index (χ2v) is 8.93. The molecule has 9 nitrogen and oxygen atoms in total. The molecule has 0 aliphatic carbocycles. The number of nitrogens with one attached hydrogen (secondary N) is 1. The first-order valence-electron chi connectivity index (χ1n) is 10.3. The number of hydrogen-bond donors (Lipinski definition) is 1. The average molecular weight is 488 g/mol. The number of methoxy groups -OCH3 is 1. The molecule has 1 atom stereocenters. The van der Waals surface area contributed by atoms with Crippen molar-refractivity contribution < 1.29 is 27.4 Å². The van der Waals surface area contributed by atoms with Gasteiger partial charge in [0.15, 0.2) is 0 Å². The van der Waals surface area contributed by atoms with E-state index in [-0.39, 0.29) is 6.61 Å². The zero-order chi connectivity index (χ0) is 25.1. The Hall–Kier alpha value is -3.79. The molecule has 34 heavy (non-hydrogen) atoms. The number of carbonyl (C=O) groups excluding carboxylic acids is 1. The molecule has 0 aromatic heterocycles. The van der Waals surface area contributed by atoms with Crippen LogP contribution in [0.25, 0.3) is 0 Å². The number of hydrazone groups is 1. The van der Waals surface area contributed by atoms with Crippen molar-refractivity contribution in [3.8, 4) is 17.2 Å². The first kappa shape index (κ1) is 26.5. The number of anilines is 1. The van der Waals surface area contributed by atoms with E-state index in [1.165, 1.54) is 20.2 Å². The van der Waals surface area contributed by atoms with E-state index in [1.807, 2.05) is 0 Å². The Morgan fingerprint density at radius 3 is 2.29 bits per heavy atom. The minimum Gasteiger partial charge on any atom is -0.497 e. The Kier molecular flexibility index (Phi) is 9.69. The van der Waals surface area contributed by atoms with Crippen LogP contribution >= 0.6 is 0 Å². The second kappa shape index (κ2) is 12.4. The van der Waals surface area contributed by atoms with Crippen molar-refractivity contribution >= 4 is 27.8 Å². The van der Waals surface area contributed by atoms with Crippen LogP contribution in [0.1, 0.15) is 12.5 Å². The monoisotopic (exact) mass is 487 g/mol. The maximum atomic E-state index is 12.7. The van der Waals surface area contributed by atoms with Crippen LogP contribution in [0.4, 0.5) is 5.69 Å². The van der Waals surface area contributed by atoms with Crippen LogP contribution < -0.4 is 23.9 Å². The number of amides is 1. The van der Waals surface area contributed by atoms with Crippen molar-refractivity contribution in [1.82, 2.24) is 5.43 Å². The van der Waals surface area contributed by atoms with Crippen LogP contribution in [-0.4, -0.2) is 53.2 Å². The topological polar surface area (TPSA) is 107 Å². The van der Waals surface area contributed by atoms with Crippen LogP contribution in [0.5, 0.6) is 17.2 Å². The summed E-state index contributed by atoms with van der Waals surface area (Å²) in [6.07, 6.45) is 5.66. The summed E-state index contributed by atoms with van der Waals surface area (Å²) >= 11 is 0. The lowest BCUT2D eigenvalue weighted by Gasteiger charge is -2.27. The van der Waals surface area contributed by atoms with Gasteiger partial charge in [0.1, 0.15) is 36.5 Å². The highest BCUT2D eigenvalue weighted by Gasteiger charge is 2.29. The summed E-state index contributed by atoms with van der Waals surface area (Å²) in [5.41, 5.74) is 3.29. The third-order valence-electron chi connectivity index (χ3n) is 4.50. The Morgan fingerprint density at radius 2 is 1.71 bits per heavy atom. The van der Waals surface area contributed by atoms with Gasteiger partial charge in [-0.1, -0.05) is 25.3 Å². The van der Waals surface area contributed by atoms with Crippen molar-refractivity contribution in [2.75, 3.05) is 30.9 Å². The van der Waals surface area contributed by atoms with Gasteiger partial charge in [-0.05, 0) is 43.3 Å². The van der Waals surface area contributed by atoms with E-state index in [0.29, 0.717) is 35.1 Å². The fraction of sp³-hybridized carbons (Fsp3) is 0.250. The lowest BCUT2D eigenvalue weighted by Crippen LogP contribution is -2.46. The molecular weight excluding hydrogens is 458 g/mol. The van der Waals surface area contributed by atoms with Crippen molar-refractivity contribution in [2.24, 2.45) is 5.10 Å². The maximum absolute atomic E-state index is 12.7. The van der Waals surface area contributed by atoms with E-state index in [1.54, 1.807) is 54.6 Å². The van der Waals surface area contributed by atoms with Crippen molar-refractivity contribution in [3.05, 3.63) is 73.3 Å². The number of ether oxygens (including phenoxy) is 3. The Bertz CT molecular complexity index is 1130. The van der Waals surface area contributed by atoms with Crippen LogP contribution in [0.3, 0.4) is 0 Å². The fourth-order valence-electron chi connectivity index (χ4n) is 2.94. The molecule has 2 aromatic rings. The SMILES string of the molecule is C=CCOc1ccc(/C=N\NC(=O)[C@H](C)N(c2ccc(OC)cc2)S(C)(=O)=O)c(OCC=C)c1. The van der Waals surface area contributed by atoms with E-state index in [0.717, 1.165) is 10.6 Å². The molecule has 2 rings (SSSR count). The normalized spacial score (nSPS) is 12.0. The van der Waals surface area contributed by atoms with Gasteiger partial charge in [-0.25, -0.2) is 13.8 Å². The van der Waals surface area contributed by atoms with E-state index in [4.69, 9.17) is 14.2 Å². The quantitative estimate of drug-likeness (QED) is 0.264. The van der Waals surface area contributed by atoms with Crippen molar-refractivity contribution in [1.29, 1.82) is 0 Å². The molecule has 10 heteroatoms. The van der Waals surface area contributed by atoms with Gasteiger partial charge < -0.3 is 14.2 Å². The van der Waals surface area contributed by atoms with Crippen molar-refractivity contribution in [2.45, 2.75) is 13.0 Å². The molecule has 0 heterocycles. The Labute approximate surface area is 200 Å². The lowest BCUT2D eigenvalue weighted by atomic mass is 10.2. The minimum atomic E-state index is -3.76. The smallest absolute Gasteiger partial charge is 0.263 e. The molecule has 0 spiro atoms. The molecule has 1 amide bonds. The predicted molar refractivity (Wildman–Crippen MR) is 133 cm³/mol. The molecule has 0 unspecified atom stereocenters. The molecule has 2 aromatic carbocycles. The summed E-state index contributed by atoms with van der Waals surface area (Å²) < 4.78 is 42.1. The molecule has 0 saturated heterocycles. The molecule has 0 radical (unpaired) electrons. The highest BCUT2D eigenvalue weighted by Crippen LogP contribution is 2.25. The Morgan fingerprint density at radius 1 is 1.09 bits per heavy atom. The molecule has 0 bridgehead atoms. The first-order valence-corrected chi connectivity index (χ1v) is 12.1. The maximum Gasteiger partial charge on any atom is 0.263 e. The number of sulfonamides is 1. The molecule has 182 valence electrons. The molecule has 1 N–H and O–H groups in total. The van der Waals surface area contributed by atoms with Crippen LogP contribution in [0.15, 0.2) is 72.9 Å². The van der Waals surface area contributed by atoms with Gasteiger partial charge in [-0.2, -0.15) is 5.10 Å². The summed E-state index contributed by atoms with van der Waals surface area (Å²) in [5.74, 6) is 1.01. The van der Waals surface area contributed by atoms with E-state index in [2.05, 4.69) is 23.7 Å². The minimum absolute atomic E-state index is 0.264. The van der Waals surface area contributed by atoms with Gasteiger partial charge in [0.05, 0.1) is 25.3 Å². The largest absolute Gasteiger partial charge is 0.497 e. The highest BCUT2D eigenvalue weighted by atomic mass is 32.2. The van der Waals surface area contributed by atoms with Gasteiger partial charge in [-0.3, -0.25) is 9.10 Å². The molecule has 0 fully saturated rings. The van der Waals surface area contributed by atoms with Crippen molar-refractivity contribution in [3.63, 3.8) is 0 Å². The zero-order valence-electron chi connectivity index (χ0n) is 19.4. The number of carbonyl (C=O) groups is 1. The van der Waals surface area contributed by atoms with Gasteiger partial charge in [0.25, 0.3) is 5.91 Å². The predicted octanol–water partition coefficient (Wildman–Crippen LogP) is 3.13. The van der Waals surface area contributed by atoms with E-state index in [9.17, 15) is 13.2 Å². The van der Waals surface area contributed by atoms with Crippen LogP contribution in [0, 0.1) is 0 Å². The number of benzene rings is 2. The second-order valence-electron chi connectivity index (χ2n) is 7.07. The summed E-state index contributed by atoms with van der Waals surface area (Å²) in [5, 5.41) is 3.98. The third-order valence-corrected chi connectivity index (χ3v) is 5.74. The number of rotatable bonds is 13. The molecular formula is C24H29N3O6S. The van der Waals surface area contributed by atoms with Gasteiger partial charge in [0.2, 0.25) is 10.0 Å². The highest BCUT2D eigenvalue weighted by molar-refractivity contribution is 7.92. The van der Waals surface area contributed by atoms with Crippen LogP contribution in [-0.2, 0) is 14.8 Å². The van der Waals surface area contributed by atoms with E-state index < -0.39 is 22.0 Å². The summed E-state index contributed by atoms with van der Waals surface area (Å²) in [6.45, 7) is 9.32. The first-order chi connectivity index (χ1) is 16.2. The average Bonchev–Trinajstić information content (AvgIpc) is 2.81. The summed E-state index contributed by atoms with van der Waals surface area (Å²) in [7, 11) is -2.25. The number of hydrogen-bond acceptors (Lipinski definition) is 7. The summed E-state index contributed by atoms with van der Waals surface area (Å²) in [4.78, 5) is 12.7. The van der Waals surface area contributed by atoms with Gasteiger partial charge in [0, 0.05) is 11.6 Å². The van der Waals surface area contributed by atoms with Gasteiger partial charge in [-0.15, -0.1) is 0 Å². The molecule has 0 aliphatic heterocycles. The zero-order valence-corrected chi connectivity index (χ0v) is 20.2.